The number of aromatic nitrogens is 3. The fourth-order valence-electron chi connectivity index (χ4n) is 2.88. The third kappa shape index (κ3) is 4.14. The summed E-state index contributed by atoms with van der Waals surface area (Å²) < 4.78 is 12.4. The van der Waals surface area contributed by atoms with Gasteiger partial charge in [0.25, 0.3) is 5.89 Å². The first-order valence-corrected chi connectivity index (χ1v) is 9.20. The highest BCUT2D eigenvalue weighted by atomic mass is 35.5. The largest absolute Gasteiger partial charge is 0.495 e. The number of methoxy groups -OCH3 is 1. The van der Waals surface area contributed by atoms with Gasteiger partial charge in [-0.15, -0.1) is 0 Å². The molecule has 2 aromatic heterocycles. The molecule has 0 aliphatic rings. The molecule has 2 aromatic carbocycles. The number of carbonyl (C=O) groups is 1. The molecule has 7 nitrogen and oxygen atoms in total. The molecule has 0 fully saturated rings. The van der Waals surface area contributed by atoms with Gasteiger partial charge in [0.05, 0.1) is 12.8 Å². The Hall–Kier alpha value is -3.58. The van der Waals surface area contributed by atoms with Crippen molar-refractivity contribution in [3.63, 3.8) is 0 Å². The Kier molecular flexibility index (Phi) is 5.31. The molecule has 0 saturated carbocycles. The van der Waals surface area contributed by atoms with Crippen molar-refractivity contribution < 1.29 is 14.1 Å². The van der Waals surface area contributed by atoms with Gasteiger partial charge in [0.1, 0.15) is 18.0 Å². The predicted octanol–water partition coefficient (Wildman–Crippen LogP) is 4.51. The third-order valence-electron chi connectivity index (χ3n) is 4.27. The summed E-state index contributed by atoms with van der Waals surface area (Å²) in [4.78, 5) is 17.0. The van der Waals surface area contributed by atoms with Crippen molar-refractivity contribution in [2.75, 3.05) is 12.4 Å². The molecule has 0 unspecified atom stereocenters. The predicted molar refractivity (Wildman–Crippen MR) is 110 cm³/mol. The van der Waals surface area contributed by atoms with Crippen molar-refractivity contribution in [1.82, 2.24) is 14.7 Å². The van der Waals surface area contributed by atoms with Crippen LogP contribution in [-0.4, -0.2) is 27.7 Å². The minimum Gasteiger partial charge on any atom is -0.495 e. The third-order valence-corrected chi connectivity index (χ3v) is 4.52. The van der Waals surface area contributed by atoms with Crippen molar-refractivity contribution in [3.05, 3.63) is 71.9 Å². The Bertz CT molecular complexity index is 1130. The van der Waals surface area contributed by atoms with Gasteiger partial charge in [-0.05, 0) is 48.5 Å². The van der Waals surface area contributed by atoms with Crippen LogP contribution in [0, 0.1) is 0 Å². The molecule has 2 heterocycles. The first-order valence-electron chi connectivity index (χ1n) is 8.82. The summed E-state index contributed by atoms with van der Waals surface area (Å²) in [5.74, 6) is 1.16. The zero-order valence-electron chi connectivity index (χ0n) is 15.5. The molecule has 0 saturated heterocycles. The van der Waals surface area contributed by atoms with Gasteiger partial charge in [-0.3, -0.25) is 4.79 Å². The molecule has 0 radical (unpaired) electrons. The SMILES string of the molecule is COc1ccccc1NC(=O)Cn1cccc1-c1nc(-c2ccc(Cl)cc2)no1. The molecule has 1 N–H and O–H groups in total. The monoisotopic (exact) mass is 408 g/mol. The van der Waals surface area contributed by atoms with Gasteiger partial charge in [-0.2, -0.15) is 4.98 Å². The zero-order chi connectivity index (χ0) is 20.2. The van der Waals surface area contributed by atoms with Crippen LogP contribution in [0.15, 0.2) is 71.4 Å². The molecule has 0 aliphatic carbocycles. The van der Waals surface area contributed by atoms with Crippen LogP contribution in [0.3, 0.4) is 0 Å². The molecule has 29 heavy (non-hydrogen) atoms. The van der Waals surface area contributed by atoms with Gasteiger partial charge in [0.15, 0.2) is 0 Å². The highest BCUT2D eigenvalue weighted by Gasteiger charge is 2.16. The fraction of sp³-hybridized carbons (Fsp3) is 0.0952. The van der Waals surface area contributed by atoms with E-state index < -0.39 is 0 Å². The van der Waals surface area contributed by atoms with E-state index in [1.165, 1.54) is 0 Å². The maximum atomic E-state index is 12.5. The molecular weight excluding hydrogens is 392 g/mol. The minimum absolute atomic E-state index is 0.0824. The number of ether oxygens (including phenoxy) is 1. The van der Waals surface area contributed by atoms with E-state index in [0.29, 0.717) is 33.9 Å². The zero-order valence-corrected chi connectivity index (χ0v) is 16.3. The highest BCUT2D eigenvalue weighted by Crippen LogP contribution is 2.25. The van der Waals surface area contributed by atoms with E-state index >= 15 is 0 Å². The Labute approximate surface area is 171 Å². The van der Waals surface area contributed by atoms with E-state index in [2.05, 4.69) is 15.5 Å². The average Bonchev–Trinajstić information content (AvgIpc) is 3.38. The van der Waals surface area contributed by atoms with Crippen molar-refractivity contribution in [2.24, 2.45) is 0 Å². The van der Waals surface area contributed by atoms with Crippen LogP contribution >= 0.6 is 11.6 Å². The molecule has 0 atom stereocenters. The van der Waals surface area contributed by atoms with Crippen LogP contribution in [0.25, 0.3) is 23.0 Å². The number of para-hydroxylation sites is 2. The van der Waals surface area contributed by atoms with Crippen molar-refractivity contribution in [3.8, 4) is 28.7 Å². The van der Waals surface area contributed by atoms with Crippen molar-refractivity contribution >= 4 is 23.2 Å². The van der Waals surface area contributed by atoms with Gasteiger partial charge in [-0.25, -0.2) is 0 Å². The molecule has 8 heteroatoms. The van der Waals surface area contributed by atoms with Crippen molar-refractivity contribution in [2.45, 2.75) is 6.54 Å². The molecule has 146 valence electrons. The first kappa shape index (κ1) is 18.8. The van der Waals surface area contributed by atoms with Crippen LogP contribution < -0.4 is 10.1 Å². The molecule has 0 spiro atoms. The standard InChI is InChI=1S/C21H17ClN4O3/c1-28-18-7-3-2-5-16(18)23-19(27)13-26-12-4-6-17(26)21-24-20(25-29-21)14-8-10-15(22)11-9-14/h2-12H,13H2,1H3,(H,23,27). The number of amides is 1. The number of anilines is 1. The van der Waals surface area contributed by atoms with Crippen LogP contribution in [-0.2, 0) is 11.3 Å². The van der Waals surface area contributed by atoms with Crippen LogP contribution in [0.1, 0.15) is 0 Å². The summed E-state index contributed by atoms with van der Waals surface area (Å²) in [5.41, 5.74) is 2.04. The van der Waals surface area contributed by atoms with Crippen molar-refractivity contribution in [1.29, 1.82) is 0 Å². The average molecular weight is 409 g/mol. The lowest BCUT2D eigenvalue weighted by atomic mass is 10.2. The van der Waals surface area contributed by atoms with Gasteiger partial charge in [0, 0.05) is 16.8 Å². The lowest BCUT2D eigenvalue weighted by molar-refractivity contribution is -0.116. The van der Waals surface area contributed by atoms with E-state index in [9.17, 15) is 4.79 Å². The summed E-state index contributed by atoms with van der Waals surface area (Å²) in [6.45, 7) is 0.0824. The van der Waals surface area contributed by atoms with Gasteiger partial charge >= 0.3 is 0 Å². The summed E-state index contributed by atoms with van der Waals surface area (Å²) in [5, 5.41) is 7.51. The fourth-order valence-corrected chi connectivity index (χ4v) is 3.01. The van der Waals surface area contributed by atoms with E-state index in [1.807, 2.05) is 36.4 Å². The number of halogens is 1. The van der Waals surface area contributed by atoms with Gasteiger partial charge in [-0.1, -0.05) is 28.9 Å². The Balaban J connectivity index is 1.52. The summed E-state index contributed by atoms with van der Waals surface area (Å²) in [6, 6.07) is 18.0. The summed E-state index contributed by atoms with van der Waals surface area (Å²) >= 11 is 5.92. The quantitative estimate of drug-likeness (QED) is 0.507. The van der Waals surface area contributed by atoms with Crippen LogP contribution in [0.2, 0.25) is 5.02 Å². The Morgan fingerprint density at radius 3 is 2.72 bits per heavy atom. The number of hydrogen-bond donors (Lipinski definition) is 1. The molecular formula is C21H17ClN4O3. The first-order chi connectivity index (χ1) is 14.1. The van der Waals surface area contributed by atoms with Crippen LogP contribution in [0.5, 0.6) is 5.75 Å². The topological polar surface area (TPSA) is 82.2 Å². The van der Waals surface area contributed by atoms with Gasteiger partial charge < -0.3 is 19.1 Å². The maximum absolute atomic E-state index is 12.5. The second-order valence-electron chi connectivity index (χ2n) is 6.20. The molecule has 4 rings (SSSR count). The van der Waals surface area contributed by atoms with Crippen LogP contribution in [0.4, 0.5) is 5.69 Å². The number of carbonyl (C=O) groups excluding carboxylic acids is 1. The Morgan fingerprint density at radius 2 is 1.93 bits per heavy atom. The second kappa shape index (κ2) is 8.20. The highest BCUT2D eigenvalue weighted by molar-refractivity contribution is 6.30. The van der Waals surface area contributed by atoms with E-state index in [-0.39, 0.29) is 12.5 Å². The molecule has 1 amide bonds. The number of benzene rings is 2. The van der Waals surface area contributed by atoms with E-state index in [0.717, 1.165) is 5.56 Å². The van der Waals surface area contributed by atoms with E-state index in [4.69, 9.17) is 20.9 Å². The molecule has 4 aromatic rings. The van der Waals surface area contributed by atoms with Gasteiger partial charge in [0.2, 0.25) is 11.7 Å². The minimum atomic E-state index is -0.204. The number of rotatable bonds is 6. The lowest BCUT2D eigenvalue weighted by Gasteiger charge is -2.11. The Morgan fingerprint density at radius 1 is 1.14 bits per heavy atom. The summed E-state index contributed by atoms with van der Waals surface area (Å²) in [6.07, 6.45) is 1.78. The molecule has 0 bridgehead atoms. The second-order valence-corrected chi connectivity index (χ2v) is 6.64. The van der Waals surface area contributed by atoms with E-state index in [1.54, 1.807) is 42.1 Å². The number of hydrogen-bond acceptors (Lipinski definition) is 5. The number of nitrogens with zero attached hydrogens (tertiary/aromatic N) is 3. The normalized spacial score (nSPS) is 10.7. The maximum Gasteiger partial charge on any atom is 0.274 e. The lowest BCUT2D eigenvalue weighted by Crippen LogP contribution is -2.19. The molecule has 0 aliphatic heterocycles. The smallest absolute Gasteiger partial charge is 0.274 e. The number of nitrogens with one attached hydrogen (secondary N) is 1. The summed E-state index contributed by atoms with van der Waals surface area (Å²) in [7, 11) is 1.56.